The number of nitrogens with one attached hydrogen (secondary N) is 1. The Bertz CT molecular complexity index is 317. The summed E-state index contributed by atoms with van der Waals surface area (Å²) in [7, 11) is 1.76. The van der Waals surface area contributed by atoms with Crippen LogP contribution in [0.5, 0.6) is 5.75 Å². The lowest BCUT2D eigenvalue weighted by Crippen LogP contribution is -2.29. The Morgan fingerprint density at radius 1 is 1.53 bits per heavy atom. The van der Waals surface area contributed by atoms with Gasteiger partial charge in [0.25, 0.3) is 0 Å². The molecule has 0 saturated carbocycles. The molecule has 0 saturated heterocycles. The first-order valence-electron chi connectivity index (χ1n) is 4.85. The highest BCUT2D eigenvalue weighted by molar-refractivity contribution is 5.32. The van der Waals surface area contributed by atoms with Crippen molar-refractivity contribution in [2.45, 2.75) is 13.0 Å². The van der Waals surface area contributed by atoms with Crippen LogP contribution in [0.2, 0.25) is 0 Å². The molecule has 15 heavy (non-hydrogen) atoms. The molecule has 0 aromatic heterocycles. The summed E-state index contributed by atoms with van der Waals surface area (Å²) in [6, 6.07) is 4.31. The first kappa shape index (κ1) is 11.9. The third-order valence-corrected chi connectivity index (χ3v) is 2.01. The molecule has 1 unspecified atom stereocenters. The third kappa shape index (κ3) is 3.85. The van der Waals surface area contributed by atoms with E-state index in [1.807, 2.05) is 0 Å². The van der Waals surface area contributed by atoms with Gasteiger partial charge in [-0.25, -0.2) is 4.39 Å². The van der Waals surface area contributed by atoms with Crippen LogP contribution >= 0.6 is 0 Å². The van der Waals surface area contributed by atoms with E-state index in [4.69, 9.17) is 4.74 Å². The number of aliphatic hydroxyl groups is 1. The summed E-state index contributed by atoms with van der Waals surface area (Å²) in [6.07, 6.45) is -0.556. The molecular weight excluding hydrogens is 197 g/mol. The largest absolute Gasteiger partial charge is 0.491 e. The maximum atomic E-state index is 12.8. The van der Waals surface area contributed by atoms with Crippen molar-refractivity contribution in [2.75, 3.05) is 20.2 Å². The average molecular weight is 213 g/mol. The first-order valence-corrected chi connectivity index (χ1v) is 4.85. The molecule has 0 bridgehead atoms. The van der Waals surface area contributed by atoms with Gasteiger partial charge < -0.3 is 15.2 Å². The zero-order chi connectivity index (χ0) is 11.3. The Labute approximate surface area is 88.9 Å². The van der Waals surface area contributed by atoms with Gasteiger partial charge in [0.05, 0.1) is 0 Å². The molecule has 1 atom stereocenters. The molecule has 0 heterocycles. The number of halogens is 1. The van der Waals surface area contributed by atoms with E-state index < -0.39 is 6.10 Å². The minimum absolute atomic E-state index is 0.202. The van der Waals surface area contributed by atoms with Crippen molar-refractivity contribution in [3.05, 3.63) is 29.6 Å². The van der Waals surface area contributed by atoms with Crippen LogP contribution in [-0.4, -0.2) is 31.4 Å². The Kier molecular flexibility index (Phi) is 4.52. The fourth-order valence-electron chi connectivity index (χ4n) is 1.26. The second-order valence-corrected chi connectivity index (χ2v) is 3.43. The lowest BCUT2D eigenvalue weighted by Gasteiger charge is -2.13. The molecule has 4 heteroatoms. The van der Waals surface area contributed by atoms with Crippen LogP contribution in [0.25, 0.3) is 0 Å². The second kappa shape index (κ2) is 5.68. The van der Waals surface area contributed by atoms with Gasteiger partial charge in [-0.05, 0) is 37.7 Å². The molecule has 84 valence electrons. The summed E-state index contributed by atoms with van der Waals surface area (Å²) in [5.74, 6) is 0.321. The maximum absolute atomic E-state index is 12.8. The fourth-order valence-corrected chi connectivity index (χ4v) is 1.26. The molecule has 1 rings (SSSR count). The van der Waals surface area contributed by atoms with Crippen molar-refractivity contribution in [2.24, 2.45) is 0 Å². The van der Waals surface area contributed by atoms with E-state index in [2.05, 4.69) is 5.32 Å². The number of hydrogen-bond donors (Lipinski definition) is 2. The molecule has 0 aliphatic rings. The van der Waals surface area contributed by atoms with Gasteiger partial charge in [0, 0.05) is 6.54 Å². The Hall–Kier alpha value is -1.13. The summed E-state index contributed by atoms with van der Waals surface area (Å²) in [6.45, 7) is 2.44. The second-order valence-electron chi connectivity index (χ2n) is 3.43. The summed E-state index contributed by atoms with van der Waals surface area (Å²) in [5, 5.41) is 12.2. The van der Waals surface area contributed by atoms with Crippen LogP contribution in [0.15, 0.2) is 18.2 Å². The summed E-state index contributed by atoms with van der Waals surface area (Å²) in [4.78, 5) is 0. The van der Waals surface area contributed by atoms with Crippen LogP contribution in [0.3, 0.4) is 0 Å². The SMILES string of the molecule is CNCC(O)COc1ccc(F)cc1C. The number of aliphatic hydroxyl groups excluding tert-OH is 1. The van der Waals surface area contributed by atoms with Crippen molar-refractivity contribution in [3.8, 4) is 5.75 Å². The average Bonchev–Trinajstić information content (AvgIpc) is 2.17. The fraction of sp³-hybridized carbons (Fsp3) is 0.455. The number of likely N-dealkylation sites (N-methyl/N-ethyl adjacent to an activating group) is 1. The Balaban J connectivity index is 2.50. The number of ether oxygens (including phenoxy) is 1. The molecular formula is C11H16FNO2. The molecule has 2 N–H and O–H groups in total. The van der Waals surface area contributed by atoms with Gasteiger partial charge in [0.15, 0.2) is 0 Å². The smallest absolute Gasteiger partial charge is 0.123 e. The third-order valence-electron chi connectivity index (χ3n) is 2.01. The zero-order valence-electron chi connectivity index (χ0n) is 8.96. The van der Waals surface area contributed by atoms with Crippen LogP contribution in [0.4, 0.5) is 4.39 Å². The standard InChI is InChI=1S/C11H16FNO2/c1-8-5-9(12)3-4-11(8)15-7-10(14)6-13-2/h3-5,10,13-14H,6-7H2,1-2H3. The highest BCUT2D eigenvalue weighted by Gasteiger charge is 2.05. The van der Waals surface area contributed by atoms with Crippen molar-refractivity contribution in [1.82, 2.24) is 5.32 Å². The van der Waals surface area contributed by atoms with Crippen molar-refractivity contribution in [1.29, 1.82) is 0 Å². The molecule has 0 radical (unpaired) electrons. The normalized spacial score (nSPS) is 12.5. The van der Waals surface area contributed by atoms with E-state index in [1.165, 1.54) is 12.1 Å². The predicted octanol–water partition coefficient (Wildman–Crippen LogP) is 1.09. The molecule has 1 aromatic rings. The van der Waals surface area contributed by atoms with Crippen molar-refractivity contribution < 1.29 is 14.2 Å². The lowest BCUT2D eigenvalue weighted by molar-refractivity contribution is 0.108. The molecule has 3 nitrogen and oxygen atoms in total. The number of aryl methyl sites for hydroxylation is 1. The van der Waals surface area contributed by atoms with Crippen LogP contribution in [0, 0.1) is 12.7 Å². The van der Waals surface area contributed by atoms with Gasteiger partial charge in [-0.3, -0.25) is 0 Å². The molecule has 0 aliphatic heterocycles. The zero-order valence-corrected chi connectivity index (χ0v) is 8.96. The topological polar surface area (TPSA) is 41.5 Å². The van der Waals surface area contributed by atoms with Crippen molar-refractivity contribution in [3.63, 3.8) is 0 Å². The molecule has 0 aliphatic carbocycles. The monoisotopic (exact) mass is 213 g/mol. The summed E-state index contributed by atoms with van der Waals surface area (Å²) >= 11 is 0. The Morgan fingerprint density at radius 3 is 2.87 bits per heavy atom. The number of benzene rings is 1. The number of rotatable bonds is 5. The molecule has 1 aromatic carbocycles. The van der Waals surface area contributed by atoms with Gasteiger partial charge in [-0.2, -0.15) is 0 Å². The predicted molar refractivity (Wildman–Crippen MR) is 56.6 cm³/mol. The van der Waals surface area contributed by atoms with Crippen LogP contribution in [-0.2, 0) is 0 Å². The first-order chi connectivity index (χ1) is 7.13. The molecule has 0 fully saturated rings. The van der Waals surface area contributed by atoms with Gasteiger partial charge in [0.1, 0.15) is 24.3 Å². The van der Waals surface area contributed by atoms with Gasteiger partial charge in [-0.15, -0.1) is 0 Å². The maximum Gasteiger partial charge on any atom is 0.123 e. The lowest BCUT2D eigenvalue weighted by atomic mass is 10.2. The molecule has 0 spiro atoms. The minimum atomic E-state index is -0.556. The van der Waals surface area contributed by atoms with E-state index in [0.29, 0.717) is 12.3 Å². The molecule has 0 amide bonds. The Morgan fingerprint density at radius 2 is 2.27 bits per heavy atom. The highest BCUT2D eigenvalue weighted by Crippen LogP contribution is 2.18. The van der Waals surface area contributed by atoms with E-state index in [-0.39, 0.29) is 12.4 Å². The summed E-state index contributed by atoms with van der Waals surface area (Å²) in [5.41, 5.74) is 0.728. The van der Waals surface area contributed by atoms with Gasteiger partial charge >= 0.3 is 0 Å². The van der Waals surface area contributed by atoms with E-state index in [1.54, 1.807) is 20.0 Å². The van der Waals surface area contributed by atoms with E-state index >= 15 is 0 Å². The van der Waals surface area contributed by atoms with E-state index in [0.717, 1.165) is 5.56 Å². The summed E-state index contributed by atoms with van der Waals surface area (Å²) < 4.78 is 18.1. The highest BCUT2D eigenvalue weighted by atomic mass is 19.1. The van der Waals surface area contributed by atoms with Gasteiger partial charge in [0.2, 0.25) is 0 Å². The quantitative estimate of drug-likeness (QED) is 0.769. The van der Waals surface area contributed by atoms with Crippen LogP contribution in [0.1, 0.15) is 5.56 Å². The van der Waals surface area contributed by atoms with Crippen molar-refractivity contribution >= 4 is 0 Å². The minimum Gasteiger partial charge on any atom is -0.491 e. The van der Waals surface area contributed by atoms with E-state index in [9.17, 15) is 9.50 Å². The van der Waals surface area contributed by atoms with Gasteiger partial charge in [-0.1, -0.05) is 0 Å². The number of hydrogen-bond acceptors (Lipinski definition) is 3. The van der Waals surface area contributed by atoms with Crippen LogP contribution < -0.4 is 10.1 Å².